The summed E-state index contributed by atoms with van der Waals surface area (Å²) in [5.74, 6) is -0.358. The number of hydrogen-bond donors (Lipinski definition) is 0. The van der Waals surface area contributed by atoms with Gasteiger partial charge in [-0.2, -0.15) is 0 Å². The molecule has 0 aliphatic heterocycles. The Morgan fingerprint density at radius 1 is 0.250 bits per heavy atom. The molecule has 0 aliphatic rings. The van der Waals surface area contributed by atoms with Crippen LogP contribution in [0.15, 0.2) is 0 Å². The van der Waals surface area contributed by atoms with Gasteiger partial charge in [0, 0.05) is 19.4 Å². The lowest BCUT2D eigenvalue weighted by Gasteiger charge is -2.18. The van der Waals surface area contributed by atoms with E-state index in [1.165, 1.54) is 327 Å². The smallest absolute Gasteiger partial charge is 0.306 e. The van der Waals surface area contributed by atoms with Gasteiger partial charge in [0.2, 0.25) is 0 Å². The predicted octanol–water partition coefficient (Wildman–Crippen LogP) is 23.1. The first-order valence-corrected chi connectivity index (χ1v) is 33.6. The van der Waals surface area contributed by atoms with Crippen molar-refractivity contribution in [3.63, 3.8) is 0 Å². The highest BCUT2D eigenvalue weighted by Crippen LogP contribution is 2.19. The predicted molar refractivity (Wildman–Crippen MR) is 316 cm³/mol. The summed E-state index contributed by atoms with van der Waals surface area (Å²) in [5.41, 5.74) is 0. The molecule has 5 nitrogen and oxygen atoms in total. The van der Waals surface area contributed by atoms with Crippen LogP contribution in [-0.4, -0.2) is 37.9 Å². The Balaban J connectivity index is 4.16. The normalized spacial score (nSPS) is 12.0. The van der Waals surface area contributed by atoms with Crippen LogP contribution in [-0.2, 0) is 23.8 Å². The van der Waals surface area contributed by atoms with Gasteiger partial charge in [0.15, 0.2) is 6.10 Å². The van der Waals surface area contributed by atoms with Crippen molar-refractivity contribution < 1.29 is 23.8 Å². The first kappa shape index (κ1) is 70.9. The van der Waals surface area contributed by atoms with Gasteiger partial charge in [-0.25, -0.2) is 0 Å². The first-order valence-electron chi connectivity index (χ1n) is 33.6. The zero-order valence-electron chi connectivity index (χ0n) is 49.8. The second kappa shape index (κ2) is 64.2. The van der Waals surface area contributed by atoms with Gasteiger partial charge in [0.25, 0.3) is 0 Å². The fourth-order valence-electron chi connectivity index (χ4n) is 10.6. The number of unbranched alkanes of at least 4 members (excludes halogenated alkanes) is 53. The van der Waals surface area contributed by atoms with Crippen LogP contribution in [0.2, 0.25) is 0 Å². The Labute approximate surface area is 452 Å². The maximum atomic E-state index is 12.9. The van der Waals surface area contributed by atoms with Crippen LogP contribution in [0.1, 0.15) is 393 Å². The highest BCUT2D eigenvalue weighted by molar-refractivity contribution is 5.70. The third-order valence-corrected chi connectivity index (χ3v) is 15.6. The third-order valence-electron chi connectivity index (χ3n) is 15.6. The fraction of sp³-hybridized carbons (Fsp3) is 0.970. The highest BCUT2D eigenvalue weighted by atomic mass is 16.6. The van der Waals surface area contributed by atoms with E-state index < -0.39 is 6.10 Å². The fourth-order valence-corrected chi connectivity index (χ4v) is 10.6. The molecule has 0 saturated carbocycles. The van der Waals surface area contributed by atoms with E-state index in [0.717, 1.165) is 32.1 Å². The number of esters is 2. The Kier molecular flexibility index (Phi) is 63.2. The van der Waals surface area contributed by atoms with E-state index in [4.69, 9.17) is 14.2 Å². The standard InChI is InChI=1S/C67H132O5/c1-4-7-10-13-16-19-22-25-28-31-33-34-36-37-39-42-45-48-51-54-57-60-66(68)71-64-65(63-70-62-59-56-53-50-47-44-41-30-27-24-21-18-15-12-9-6-3)72-67(69)61-58-55-52-49-46-43-40-38-35-32-29-26-23-20-17-14-11-8-5-2/h65H,4-64H2,1-3H3/t65-/m1/s1. The van der Waals surface area contributed by atoms with Crippen LogP contribution in [0.3, 0.4) is 0 Å². The largest absolute Gasteiger partial charge is 0.462 e. The average molecular weight is 1020 g/mol. The van der Waals surface area contributed by atoms with E-state index in [1.807, 2.05) is 0 Å². The van der Waals surface area contributed by atoms with Gasteiger partial charge in [0.1, 0.15) is 6.61 Å². The van der Waals surface area contributed by atoms with Crippen molar-refractivity contribution >= 4 is 11.9 Å². The van der Waals surface area contributed by atoms with Crippen molar-refractivity contribution in [1.29, 1.82) is 0 Å². The molecule has 0 N–H and O–H groups in total. The molecule has 0 unspecified atom stereocenters. The molecule has 0 bridgehead atoms. The maximum absolute atomic E-state index is 12.9. The first-order chi connectivity index (χ1) is 35.6. The molecular formula is C67H132O5. The van der Waals surface area contributed by atoms with E-state index in [2.05, 4.69) is 20.8 Å². The Hall–Kier alpha value is -1.10. The van der Waals surface area contributed by atoms with Crippen molar-refractivity contribution in [3.8, 4) is 0 Å². The van der Waals surface area contributed by atoms with E-state index in [1.54, 1.807) is 0 Å². The minimum atomic E-state index is -0.525. The number of hydrogen-bond acceptors (Lipinski definition) is 5. The van der Waals surface area contributed by atoms with Gasteiger partial charge in [0.05, 0.1) is 6.61 Å². The van der Waals surface area contributed by atoms with Crippen LogP contribution in [0, 0.1) is 0 Å². The van der Waals surface area contributed by atoms with Gasteiger partial charge < -0.3 is 14.2 Å². The molecule has 0 radical (unpaired) electrons. The second-order valence-electron chi connectivity index (χ2n) is 23.1. The summed E-state index contributed by atoms with van der Waals surface area (Å²) < 4.78 is 17.6. The van der Waals surface area contributed by atoms with Crippen LogP contribution in [0.4, 0.5) is 0 Å². The molecule has 0 rings (SSSR count). The van der Waals surface area contributed by atoms with Crippen LogP contribution >= 0.6 is 0 Å². The lowest BCUT2D eigenvalue weighted by Crippen LogP contribution is -2.30. The summed E-state index contributed by atoms with van der Waals surface area (Å²) in [6.45, 7) is 7.95. The summed E-state index contributed by atoms with van der Waals surface area (Å²) in [4.78, 5) is 25.7. The summed E-state index contributed by atoms with van der Waals surface area (Å²) in [6, 6.07) is 0. The van der Waals surface area contributed by atoms with Crippen LogP contribution < -0.4 is 0 Å². The maximum Gasteiger partial charge on any atom is 0.306 e. The van der Waals surface area contributed by atoms with Crippen LogP contribution in [0.25, 0.3) is 0 Å². The Bertz CT molecular complexity index is 1010. The van der Waals surface area contributed by atoms with Crippen molar-refractivity contribution in [2.75, 3.05) is 19.8 Å². The number of carbonyl (C=O) groups is 2. The van der Waals surface area contributed by atoms with E-state index in [0.29, 0.717) is 26.1 Å². The summed E-state index contributed by atoms with van der Waals surface area (Å²) >= 11 is 0. The molecule has 72 heavy (non-hydrogen) atoms. The zero-order chi connectivity index (χ0) is 52.0. The molecule has 5 heteroatoms. The van der Waals surface area contributed by atoms with Crippen molar-refractivity contribution in [3.05, 3.63) is 0 Å². The lowest BCUT2D eigenvalue weighted by molar-refractivity contribution is -0.163. The number of rotatable bonds is 64. The molecule has 430 valence electrons. The number of ether oxygens (including phenoxy) is 3. The topological polar surface area (TPSA) is 61.8 Å². The van der Waals surface area contributed by atoms with Gasteiger partial charge >= 0.3 is 11.9 Å². The van der Waals surface area contributed by atoms with E-state index in [-0.39, 0.29) is 18.5 Å². The van der Waals surface area contributed by atoms with Crippen molar-refractivity contribution in [2.45, 2.75) is 399 Å². The summed E-state index contributed by atoms with van der Waals surface area (Å²) in [6.07, 6.45) is 75.8. The van der Waals surface area contributed by atoms with Crippen molar-refractivity contribution in [1.82, 2.24) is 0 Å². The quantitative estimate of drug-likeness (QED) is 0.0449. The molecular weight excluding hydrogens is 885 g/mol. The molecule has 0 aliphatic carbocycles. The van der Waals surface area contributed by atoms with Gasteiger partial charge in [-0.05, 0) is 19.3 Å². The minimum absolute atomic E-state index is 0.0992. The molecule has 0 aromatic carbocycles. The highest BCUT2D eigenvalue weighted by Gasteiger charge is 2.18. The monoisotopic (exact) mass is 1020 g/mol. The van der Waals surface area contributed by atoms with Crippen LogP contribution in [0.5, 0.6) is 0 Å². The molecule has 0 amide bonds. The SMILES string of the molecule is CCCCCCCCCCCCCCCCCCCCCCCC(=O)OC[C@@H](COCCCCCCCCCCCCCCCCCC)OC(=O)CCCCCCCCCCCCCCCCCCCCC. The molecule has 0 fully saturated rings. The molecule has 0 aromatic rings. The molecule has 0 saturated heterocycles. The van der Waals surface area contributed by atoms with Crippen molar-refractivity contribution in [2.24, 2.45) is 0 Å². The van der Waals surface area contributed by atoms with E-state index >= 15 is 0 Å². The lowest BCUT2D eigenvalue weighted by atomic mass is 10.0. The van der Waals surface area contributed by atoms with E-state index in [9.17, 15) is 9.59 Å². The number of carbonyl (C=O) groups excluding carboxylic acids is 2. The molecule has 0 heterocycles. The second-order valence-corrected chi connectivity index (χ2v) is 23.1. The molecule has 0 spiro atoms. The van der Waals surface area contributed by atoms with Gasteiger partial charge in [-0.15, -0.1) is 0 Å². The minimum Gasteiger partial charge on any atom is -0.462 e. The molecule has 1 atom stereocenters. The summed E-state index contributed by atoms with van der Waals surface area (Å²) in [5, 5.41) is 0. The Morgan fingerprint density at radius 3 is 0.708 bits per heavy atom. The van der Waals surface area contributed by atoms with Gasteiger partial charge in [-0.3, -0.25) is 9.59 Å². The third kappa shape index (κ3) is 61.4. The Morgan fingerprint density at radius 2 is 0.458 bits per heavy atom. The average Bonchev–Trinajstić information content (AvgIpc) is 3.38. The molecule has 0 aromatic heterocycles. The summed E-state index contributed by atoms with van der Waals surface area (Å²) in [7, 11) is 0. The van der Waals surface area contributed by atoms with Gasteiger partial charge in [-0.1, -0.05) is 361 Å². The zero-order valence-corrected chi connectivity index (χ0v) is 49.8.